The summed E-state index contributed by atoms with van der Waals surface area (Å²) >= 11 is 0. The zero-order chi connectivity index (χ0) is 16.3. The fraction of sp³-hybridized carbons (Fsp3) is 0.500. The van der Waals surface area contributed by atoms with Crippen molar-refractivity contribution >= 4 is 21.7 Å². The molecule has 0 aliphatic carbocycles. The molecule has 0 spiro atoms. The van der Waals surface area contributed by atoms with Crippen LogP contribution in [0.2, 0.25) is 0 Å². The molecule has 1 aromatic rings. The minimum Gasteiger partial charge on any atom is -0.334 e. The Bertz CT molecular complexity index is 663. The second-order valence-corrected chi connectivity index (χ2v) is 7.50. The van der Waals surface area contributed by atoms with Crippen molar-refractivity contribution in [3.8, 4) is 0 Å². The van der Waals surface area contributed by atoms with Gasteiger partial charge in [-0.15, -0.1) is 0 Å². The van der Waals surface area contributed by atoms with Gasteiger partial charge in [-0.3, -0.25) is 0 Å². The number of sulfonamides is 1. The zero-order valence-corrected chi connectivity index (χ0v) is 13.4. The van der Waals surface area contributed by atoms with Gasteiger partial charge >= 0.3 is 6.03 Å². The van der Waals surface area contributed by atoms with E-state index < -0.39 is 16.1 Å². The number of carbonyl (C=O) groups excluding carboxylic acids is 1. The first kappa shape index (κ1) is 16.7. The molecule has 1 aliphatic rings. The molecule has 2 rings (SSSR count). The Morgan fingerprint density at radius 2 is 2.14 bits per heavy atom. The van der Waals surface area contributed by atoms with Crippen molar-refractivity contribution in [2.75, 3.05) is 24.7 Å². The van der Waals surface area contributed by atoms with Crippen molar-refractivity contribution in [1.82, 2.24) is 9.62 Å². The van der Waals surface area contributed by atoms with Crippen LogP contribution in [-0.4, -0.2) is 44.1 Å². The van der Waals surface area contributed by atoms with Crippen LogP contribution >= 0.6 is 0 Å². The molecule has 2 N–H and O–H groups in total. The Hall–Kier alpha value is -1.67. The number of carbonyl (C=O) groups is 1. The first-order valence-corrected chi connectivity index (χ1v) is 8.89. The van der Waals surface area contributed by atoms with Crippen LogP contribution < -0.4 is 10.6 Å². The minimum atomic E-state index is -3.24. The lowest BCUT2D eigenvalue weighted by Gasteiger charge is -2.31. The molecule has 0 saturated carbocycles. The number of hydrogen-bond acceptors (Lipinski definition) is 3. The fourth-order valence-electron chi connectivity index (χ4n) is 2.47. The van der Waals surface area contributed by atoms with Gasteiger partial charge in [-0.2, -0.15) is 0 Å². The van der Waals surface area contributed by atoms with E-state index in [0.29, 0.717) is 24.2 Å². The highest BCUT2D eigenvalue weighted by Crippen LogP contribution is 2.16. The Balaban J connectivity index is 1.94. The summed E-state index contributed by atoms with van der Waals surface area (Å²) in [6, 6.07) is 3.45. The molecule has 8 heteroatoms. The number of halogens is 1. The number of hydrogen-bond donors (Lipinski definition) is 2. The second kappa shape index (κ2) is 6.62. The van der Waals surface area contributed by atoms with E-state index in [1.54, 1.807) is 6.92 Å². The predicted octanol–water partition coefficient (Wildman–Crippen LogP) is 1.68. The third-order valence-electron chi connectivity index (χ3n) is 3.63. The van der Waals surface area contributed by atoms with Gasteiger partial charge in [0.2, 0.25) is 10.0 Å². The van der Waals surface area contributed by atoms with E-state index in [4.69, 9.17) is 0 Å². The van der Waals surface area contributed by atoms with Crippen molar-refractivity contribution in [3.05, 3.63) is 29.6 Å². The van der Waals surface area contributed by atoms with Gasteiger partial charge in [-0.1, -0.05) is 0 Å². The molecular weight excluding hydrogens is 309 g/mol. The molecule has 0 radical (unpaired) electrons. The molecule has 22 heavy (non-hydrogen) atoms. The summed E-state index contributed by atoms with van der Waals surface area (Å²) in [4.78, 5) is 12.0. The highest BCUT2D eigenvalue weighted by atomic mass is 32.2. The van der Waals surface area contributed by atoms with Crippen molar-refractivity contribution in [2.24, 2.45) is 0 Å². The van der Waals surface area contributed by atoms with Crippen LogP contribution in [0.15, 0.2) is 18.2 Å². The van der Waals surface area contributed by atoms with Crippen molar-refractivity contribution in [2.45, 2.75) is 25.8 Å². The first-order chi connectivity index (χ1) is 10.3. The molecule has 0 unspecified atom stereocenters. The number of benzene rings is 1. The molecule has 0 aromatic heterocycles. The van der Waals surface area contributed by atoms with Gasteiger partial charge in [-0.05, 0) is 43.5 Å². The number of rotatable bonds is 3. The van der Waals surface area contributed by atoms with Crippen LogP contribution in [-0.2, 0) is 10.0 Å². The summed E-state index contributed by atoms with van der Waals surface area (Å²) in [5, 5.41) is 5.41. The second-order valence-electron chi connectivity index (χ2n) is 5.52. The SMILES string of the molecule is Cc1cc(F)ccc1NC(=O)N[C@@H]1CCCN(S(C)(=O)=O)C1. The molecule has 1 saturated heterocycles. The minimum absolute atomic E-state index is 0.232. The summed E-state index contributed by atoms with van der Waals surface area (Å²) in [6.45, 7) is 2.45. The molecule has 1 atom stereocenters. The van der Waals surface area contributed by atoms with E-state index in [1.165, 1.54) is 22.5 Å². The summed E-state index contributed by atoms with van der Waals surface area (Å²) in [7, 11) is -3.24. The van der Waals surface area contributed by atoms with Crippen LogP contribution in [0.4, 0.5) is 14.9 Å². The maximum Gasteiger partial charge on any atom is 0.319 e. The third-order valence-corrected chi connectivity index (χ3v) is 4.89. The maximum absolute atomic E-state index is 13.0. The van der Waals surface area contributed by atoms with E-state index in [0.717, 1.165) is 12.7 Å². The summed E-state index contributed by atoms with van der Waals surface area (Å²) < 4.78 is 37.5. The van der Waals surface area contributed by atoms with Gasteiger partial charge < -0.3 is 10.6 Å². The lowest BCUT2D eigenvalue weighted by Crippen LogP contribution is -2.50. The van der Waals surface area contributed by atoms with Crippen LogP contribution in [0, 0.1) is 12.7 Å². The van der Waals surface area contributed by atoms with E-state index in [-0.39, 0.29) is 18.4 Å². The van der Waals surface area contributed by atoms with Crippen molar-refractivity contribution in [1.29, 1.82) is 0 Å². The average Bonchev–Trinajstić information content (AvgIpc) is 2.41. The molecule has 122 valence electrons. The Labute approximate surface area is 129 Å². The number of nitrogens with one attached hydrogen (secondary N) is 2. The van der Waals surface area contributed by atoms with Gasteiger partial charge in [0.25, 0.3) is 0 Å². The van der Waals surface area contributed by atoms with E-state index in [2.05, 4.69) is 10.6 Å². The number of aryl methyl sites for hydroxylation is 1. The molecule has 1 aliphatic heterocycles. The normalized spacial score (nSPS) is 19.7. The zero-order valence-electron chi connectivity index (χ0n) is 12.6. The van der Waals surface area contributed by atoms with Gasteiger partial charge in [0.1, 0.15) is 5.82 Å². The fourth-order valence-corrected chi connectivity index (χ4v) is 3.38. The quantitative estimate of drug-likeness (QED) is 0.885. The van der Waals surface area contributed by atoms with Gasteiger partial charge in [0.15, 0.2) is 0 Å². The topological polar surface area (TPSA) is 78.5 Å². The lowest BCUT2D eigenvalue weighted by molar-refractivity contribution is 0.236. The number of anilines is 1. The Morgan fingerprint density at radius 1 is 1.41 bits per heavy atom. The molecule has 1 fully saturated rings. The van der Waals surface area contributed by atoms with Crippen LogP contribution in [0.5, 0.6) is 0 Å². The summed E-state index contributed by atoms with van der Waals surface area (Å²) in [6.07, 6.45) is 2.59. The Morgan fingerprint density at radius 3 is 2.77 bits per heavy atom. The van der Waals surface area contributed by atoms with Gasteiger partial charge in [0, 0.05) is 24.8 Å². The highest BCUT2D eigenvalue weighted by molar-refractivity contribution is 7.88. The van der Waals surface area contributed by atoms with Crippen molar-refractivity contribution in [3.63, 3.8) is 0 Å². The average molecular weight is 329 g/mol. The summed E-state index contributed by atoms with van der Waals surface area (Å²) in [5.41, 5.74) is 1.14. The van der Waals surface area contributed by atoms with Crippen molar-refractivity contribution < 1.29 is 17.6 Å². The van der Waals surface area contributed by atoms with E-state index >= 15 is 0 Å². The molecular formula is C14H20FN3O3S. The lowest BCUT2D eigenvalue weighted by atomic mass is 10.1. The Kier molecular flexibility index (Phi) is 5.02. The first-order valence-electron chi connectivity index (χ1n) is 7.04. The van der Waals surface area contributed by atoms with Crippen LogP contribution in [0.25, 0.3) is 0 Å². The molecule has 1 heterocycles. The van der Waals surface area contributed by atoms with Crippen LogP contribution in [0.3, 0.4) is 0 Å². The number of piperidine rings is 1. The van der Waals surface area contributed by atoms with E-state index in [9.17, 15) is 17.6 Å². The smallest absolute Gasteiger partial charge is 0.319 e. The molecule has 6 nitrogen and oxygen atoms in total. The van der Waals surface area contributed by atoms with E-state index in [1.807, 2.05) is 0 Å². The molecule has 1 aromatic carbocycles. The predicted molar refractivity (Wildman–Crippen MR) is 82.7 cm³/mol. The number of urea groups is 1. The standard InChI is InChI=1S/C14H20FN3O3S/c1-10-8-11(15)5-6-13(10)17-14(19)16-12-4-3-7-18(9-12)22(2,20)21/h5-6,8,12H,3-4,7,9H2,1-2H3,(H2,16,17,19)/t12-/m1/s1. The largest absolute Gasteiger partial charge is 0.334 e. The number of nitrogens with zero attached hydrogens (tertiary/aromatic N) is 1. The monoisotopic (exact) mass is 329 g/mol. The molecule has 0 bridgehead atoms. The van der Waals surface area contributed by atoms with Gasteiger partial charge in [0.05, 0.1) is 6.26 Å². The molecule has 2 amide bonds. The summed E-state index contributed by atoms with van der Waals surface area (Å²) in [5.74, 6) is -0.362. The number of amides is 2. The highest BCUT2D eigenvalue weighted by Gasteiger charge is 2.26. The van der Waals surface area contributed by atoms with Crippen LogP contribution in [0.1, 0.15) is 18.4 Å². The van der Waals surface area contributed by atoms with Gasteiger partial charge in [-0.25, -0.2) is 21.9 Å². The maximum atomic E-state index is 13.0. The third kappa shape index (κ3) is 4.41.